The molecule has 20 heavy (non-hydrogen) atoms. The highest BCUT2D eigenvalue weighted by molar-refractivity contribution is 5.93. The molecule has 2 aromatic rings. The van der Waals surface area contributed by atoms with E-state index in [-0.39, 0.29) is 12.5 Å². The Kier molecular flexibility index (Phi) is 3.25. The van der Waals surface area contributed by atoms with E-state index in [2.05, 4.69) is 10.3 Å². The summed E-state index contributed by atoms with van der Waals surface area (Å²) in [7, 11) is 0. The van der Waals surface area contributed by atoms with E-state index in [1.807, 2.05) is 37.3 Å². The molecule has 1 atom stereocenters. The van der Waals surface area contributed by atoms with Gasteiger partial charge in [-0.3, -0.25) is 0 Å². The van der Waals surface area contributed by atoms with Crippen LogP contribution in [0.4, 0.5) is 5.82 Å². The molecule has 1 aliphatic heterocycles. The quantitative estimate of drug-likeness (QED) is 0.902. The average Bonchev–Trinajstić information content (AvgIpc) is 2.47. The molecule has 3 rings (SSSR count). The molecular weight excluding hydrogens is 256 g/mol. The van der Waals surface area contributed by atoms with Crippen LogP contribution in [0.15, 0.2) is 42.5 Å². The van der Waals surface area contributed by atoms with Crippen molar-refractivity contribution >= 4 is 11.7 Å². The molecule has 2 heterocycles. The first-order chi connectivity index (χ1) is 9.72. The van der Waals surface area contributed by atoms with E-state index < -0.39 is 6.10 Å². The summed E-state index contributed by atoms with van der Waals surface area (Å²) >= 11 is 0. The maximum Gasteiger partial charge on any atom is 0.351 e. The molecule has 1 aromatic heterocycles. The van der Waals surface area contributed by atoms with Crippen molar-refractivity contribution in [2.24, 2.45) is 0 Å². The molecule has 0 bridgehead atoms. The van der Waals surface area contributed by atoms with Crippen molar-refractivity contribution in [2.75, 3.05) is 11.9 Å². The normalized spacial score (nSPS) is 16.6. The molecule has 0 radical (unpaired) electrons. The number of amides is 1. The van der Waals surface area contributed by atoms with Gasteiger partial charge in [-0.25, -0.2) is 15.1 Å². The molecule has 1 unspecified atom stereocenters. The third-order valence-corrected chi connectivity index (χ3v) is 3.00. The fourth-order valence-corrected chi connectivity index (χ4v) is 2.02. The molecule has 0 fully saturated rings. The number of fused-ring (bicyclic) bond motifs is 1. The summed E-state index contributed by atoms with van der Waals surface area (Å²) in [6, 6.07) is 12.9. The molecule has 5 nitrogen and oxygen atoms in total. The van der Waals surface area contributed by atoms with E-state index in [0.717, 1.165) is 5.69 Å². The van der Waals surface area contributed by atoms with Gasteiger partial charge in [0.05, 0.1) is 5.69 Å². The number of rotatable bonds is 2. The minimum atomic E-state index is -0.654. The smallest absolute Gasteiger partial charge is 0.351 e. The average molecular weight is 271 g/mol. The Balaban J connectivity index is 1.70. The van der Waals surface area contributed by atoms with Gasteiger partial charge >= 0.3 is 5.91 Å². The molecule has 1 aromatic carbocycles. The lowest BCUT2D eigenvalue weighted by atomic mass is 10.2. The van der Waals surface area contributed by atoms with Gasteiger partial charge in [-0.1, -0.05) is 18.2 Å². The van der Waals surface area contributed by atoms with Gasteiger partial charge in [0.1, 0.15) is 6.61 Å². The fraction of sp³-hybridized carbons (Fsp3) is 0.200. The lowest BCUT2D eigenvalue weighted by Gasteiger charge is -2.23. The number of anilines is 1. The Morgan fingerprint density at radius 1 is 1.20 bits per heavy atom. The van der Waals surface area contributed by atoms with E-state index in [1.54, 1.807) is 12.1 Å². The Morgan fingerprint density at radius 2 is 2.00 bits per heavy atom. The maximum absolute atomic E-state index is 12.2. The topological polar surface area (TPSA) is 61.7 Å². The molecular formula is C15H15N2O3+. The molecule has 1 aliphatic rings. The standard InChI is InChI=1S/C15H14N2O3/c1-10-5-4-8-14(16-10)17-15(18)13-9-19-11-6-2-3-7-12(11)20-13/h2-8,13H,9H2,1H3,(H,16,17,18)/p+1. The molecule has 0 saturated heterocycles. The highest BCUT2D eigenvalue weighted by atomic mass is 16.6. The van der Waals surface area contributed by atoms with Gasteiger partial charge in [-0.2, -0.15) is 0 Å². The number of para-hydroxylation sites is 2. The van der Waals surface area contributed by atoms with Crippen LogP contribution in [0.3, 0.4) is 0 Å². The molecule has 102 valence electrons. The summed E-state index contributed by atoms with van der Waals surface area (Å²) < 4.78 is 11.2. The number of H-pyrrole nitrogens is 1. The molecule has 0 aliphatic carbocycles. The van der Waals surface area contributed by atoms with Gasteiger partial charge in [0.15, 0.2) is 11.5 Å². The number of ether oxygens (including phenoxy) is 2. The van der Waals surface area contributed by atoms with E-state index in [0.29, 0.717) is 17.3 Å². The highest BCUT2D eigenvalue weighted by Gasteiger charge is 2.30. The second-order valence-electron chi connectivity index (χ2n) is 4.60. The summed E-state index contributed by atoms with van der Waals surface area (Å²) in [5.41, 5.74) is 0.967. The Hall–Kier alpha value is -2.56. The summed E-state index contributed by atoms with van der Waals surface area (Å²) in [5.74, 6) is 1.66. The molecule has 5 heteroatoms. The van der Waals surface area contributed by atoms with Crippen molar-refractivity contribution in [3.8, 4) is 11.5 Å². The van der Waals surface area contributed by atoms with Gasteiger partial charge in [-0.05, 0) is 25.1 Å². The molecule has 0 spiro atoms. The number of hydrogen-bond donors (Lipinski definition) is 1. The van der Waals surface area contributed by atoms with E-state index >= 15 is 0 Å². The number of hydrogen-bond acceptors (Lipinski definition) is 3. The lowest BCUT2D eigenvalue weighted by molar-refractivity contribution is -0.370. The second-order valence-corrected chi connectivity index (χ2v) is 4.60. The minimum Gasteiger partial charge on any atom is -0.485 e. The second kappa shape index (κ2) is 5.21. The Bertz CT molecular complexity index is 643. The van der Waals surface area contributed by atoms with E-state index in [9.17, 15) is 4.79 Å². The number of aryl methyl sites for hydroxylation is 1. The van der Waals surface area contributed by atoms with E-state index in [1.165, 1.54) is 0 Å². The van der Waals surface area contributed by atoms with Gasteiger partial charge in [0, 0.05) is 6.07 Å². The van der Waals surface area contributed by atoms with Crippen LogP contribution in [0, 0.1) is 6.92 Å². The molecule has 2 N–H and O–H groups in total. The number of aromatic amines is 1. The zero-order chi connectivity index (χ0) is 13.9. The van der Waals surface area contributed by atoms with Gasteiger partial charge in [-0.15, -0.1) is 0 Å². The van der Waals surface area contributed by atoms with Crippen molar-refractivity contribution < 1.29 is 19.3 Å². The Labute approximate surface area is 116 Å². The van der Waals surface area contributed by atoms with Crippen molar-refractivity contribution in [3.63, 3.8) is 0 Å². The zero-order valence-electron chi connectivity index (χ0n) is 11.1. The zero-order valence-corrected chi connectivity index (χ0v) is 11.1. The number of nitrogens with one attached hydrogen (secondary N) is 2. The minimum absolute atomic E-state index is 0.203. The summed E-state index contributed by atoms with van der Waals surface area (Å²) in [6.45, 7) is 2.13. The molecule has 0 saturated carbocycles. The third kappa shape index (κ3) is 2.56. The third-order valence-electron chi connectivity index (χ3n) is 3.00. The first kappa shape index (κ1) is 12.5. The summed E-state index contributed by atoms with van der Waals surface area (Å²) in [6.07, 6.45) is -0.654. The highest BCUT2D eigenvalue weighted by Crippen LogP contribution is 2.30. The van der Waals surface area contributed by atoms with Crippen molar-refractivity contribution in [3.05, 3.63) is 48.2 Å². The number of carbonyl (C=O) groups excluding carboxylic acids is 1. The van der Waals surface area contributed by atoms with Gasteiger partial charge in [0.2, 0.25) is 6.10 Å². The largest absolute Gasteiger partial charge is 0.485 e. The summed E-state index contributed by atoms with van der Waals surface area (Å²) in [5, 5.41) is 2.78. The Morgan fingerprint density at radius 3 is 2.80 bits per heavy atom. The number of benzene rings is 1. The van der Waals surface area contributed by atoms with Crippen LogP contribution in [-0.2, 0) is 4.79 Å². The molecule has 1 amide bonds. The van der Waals surface area contributed by atoms with Crippen LogP contribution in [0.2, 0.25) is 0 Å². The van der Waals surface area contributed by atoms with Crippen molar-refractivity contribution in [2.45, 2.75) is 13.0 Å². The monoisotopic (exact) mass is 271 g/mol. The number of pyridine rings is 1. The predicted octanol–water partition coefficient (Wildman–Crippen LogP) is 1.59. The lowest BCUT2D eigenvalue weighted by Crippen LogP contribution is -2.41. The SMILES string of the molecule is Cc1cccc(NC(=O)C2COc3ccccc3O2)[nH+]1. The first-order valence-corrected chi connectivity index (χ1v) is 6.41. The van der Waals surface area contributed by atoms with Crippen LogP contribution in [-0.4, -0.2) is 18.6 Å². The van der Waals surface area contributed by atoms with E-state index in [4.69, 9.17) is 9.47 Å². The van der Waals surface area contributed by atoms with Gasteiger partial charge < -0.3 is 9.47 Å². The predicted molar refractivity (Wildman–Crippen MR) is 72.7 cm³/mol. The van der Waals surface area contributed by atoms with Crippen LogP contribution in [0.25, 0.3) is 0 Å². The van der Waals surface area contributed by atoms with Crippen molar-refractivity contribution in [1.29, 1.82) is 0 Å². The summed E-state index contributed by atoms with van der Waals surface area (Å²) in [4.78, 5) is 15.2. The number of aromatic nitrogens is 1. The van der Waals surface area contributed by atoms with Crippen LogP contribution in [0.1, 0.15) is 5.69 Å². The first-order valence-electron chi connectivity index (χ1n) is 6.41. The van der Waals surface area contributed by atoms with Gasteiger partial charge in [0.25, 0.3) is 5.82 Å². The van der Waals surface area contributed by atoms with Crippen LogP contribution >= 0.6 is 0 Å². The fourth-order valence-electron chi connectivity index (χ4n) is 2.02. The van der Waals surface area contributed by atoms with Crippen LogP contribution < -0.4 is 19.8 Å². The number of carbonyl (C=O) groups is 1. The van der Waals surface area contributed by atoms with Crippen molar-refractivity contribution in [1.82, 2.24) is 0 Å². The van der Waals surface area contributed by atoms with Crippen LogP contribution in [0.5, 0.6) is 11.5 Å². The maximum atomic E-state index is 12.2.